The summed E-state index contributed by atoms with van der Waals surface area (Å²) >= 11 is -0.944. The summed E-state index contributed by atoms with van der Waals surface area (Å²) in [6.07, 6.45) is 0. The van der Waals surface area contributed by atoms with Gasteiger partial charge < -0.3 is 5.48 Å². The van der Waals surface area contributed by atoms with Crippen LogP contribution >= 0.6 is 0 Å². The van der Waals surface area contributed by atoms with E-state index in [0.29, 0.717) is 0 Å². The summed E-state index contributed by atoms with van der Waals surface area (Å²) in [6.45, 7) is 0. The molecule has 0 saturated carbocycles. The second-order valence-electron chi connectivity index (χ2n) is 2.57. The molecule has 0 spiro atoms. The first kappa shape index (κ1) is 9.72. The van der Waals surface area contributed by atoms with Crippen molar-refractivity contribution < 1.29 is 5.48 Å². The van der Waals surface area contributed by atoms with Gasteiger partial charge in [0.2, 0.25) is 0 Å². The van der Waals surface area contributed by atoms with E-state index >= 15 is 0 Å². The topological polar surface area (TPSA) is 31.5 Å². The molecule has 0 aliphatic carbocycles. The molecule has 56 valence electrons. The summed E-state index contributed by atoms with van der Waals surface area (Å²) < 4.78 is 1.60. The Bertz CT molecular complexity index is 172. The molecule has 0 aromatic heterocycles. The van der Waals surface area contributed by atoms with Gasteiger partial charge in [-0.05, 0) is 0 Å². The zero-order valence-corrected chi connectivity index (χ0v) is 8.89. The normalized spacial score (nSPS) is 9.10. The number of hydrogen-bond acceptors (Lipinski definition) is 0. The molecular weight excluding hydrogens is 185 g/mol. The van der Waals surface area contributed by atoms with Crippen LogP contribution in [0.1, 0.15) is 0 Å². The molecule has 2 N–H and O–H groups in total. The molecule has 1 aromatic rings. The molecular formula is C8H14GeO. The van der Waals surface area contributed by atoms with Crippen LogP contribution in [-0.4, -0.2) is 19.8 Å². The maximum absolute atomic E-state index is 2.39. The predicted octanol–water partition coefficient (Wildman–Crippen LogP) is 0.556. The molecule has 1 rings (SSSR count). The molecule has 0 bridgehead atoms. The van der Waals surface area contributed by atoms with Crippen molar-refractivity contribution in [2.24, 2.45) is 0 Å². The third kappa shape index (κ3) is 2.54. The van der Waals surface area contributed by atoms with Crippen molar-refractivity contribution in [1.29, 1.82) is 0 Å². The quantitative estimate of drug-likeness (QED) is 0.591. The Morgan fingerprint density at radius 2 is 1.50 bits per heavy atom. The summed E-state index contributed by atoms with van der Waals surface area (Å²) in [6, 6.07) is 10.8. The van der Waals surface area contributed by atoms with Crippen LogP contribution in [0, 0.1) is 0 Å². The summed E-state index contributed by atoms with van der Waals surface area (Å²) in [4.78, 5) is 0. The van der Waals surface area contributed by atoms with Crippen molar-refractivity contribution in [1.82, 2.24) is 0 Å². The number of benzene rings is 1. The molecule has 0 aliphatic rings. The van der Waals surface area contributed by atoms with Gasteiger partial charge in [0.05, 0.1) is 0 Å². The predicted molar refractivity (Wildman–Crippen MR) is 48.6 cm³/mol. The third-order valence-corrected chi connectivity index (χ3v) is 5.07. The molecule has 1 nitrogen and oxygen atoms in total. The van der Waals surface area contributed by atoms with E-state index in [0.717, 1.165) is 0 Å². The van der Waals surface area contributed by atoms with E-state index in [9.17, 15) is 0 Å². The zero-order valence-electron chi connectivity index (χ0n) is 6.46. The molecule has 0 radical (unpaired) electrons. The SMILES string of the molecule is O.[CH3][GeH]([CH3])[c]1ccccc1. The summed E-state index contributed by atoms with van der Waals surface area (Å²) in [5, 5.41) is 0. The zero-order chi connectivity index (χ0) is 6.69. The van der Waals surface area contributed by atoms with Crippen molar-refractivity contribution in [3.8, 4) is 0 Å². The fraction of sp³-hybridized carbons (Fsp3) is 0.250. The van der Waals surface area contributed by atoms with Gasteiger partial charge in [0.1, 0.15) is 0 Å². The minimum absolute atomic E-state index is 0. The number of hydrogen-bond donors (Lipinski definition) is 0. The summed E-state index contributed by atoms with van der Waals surface area (Å²) in [5.74, 6) is 4.78. The maximum atomic E-state index is 2.39. The van der Waals surface area contributed by atoms with Crippen molar-refractivity contribution in [2.75, 3.05) is 0 Å². The van der Waals surface area contributed by atoms with Crippen molar-refractivity contribution >= 4 is 18.7 Å². The van der Waals surface area contributed by atoms with Crippen molar-refractivity contribution in [2.45, 2.75) is 11.5 Å². The van der Waals surface area contributed by atoms with Crippen molar-refractivity contribution in [3.63, 3.8) is 0 Å². The van der Waals surface area contributed by atoms with Crippen LogP contribution in [0.5, 0.6) is 0 Å². The van der Waals surface area contributed by atoms with E-state index in [1.54, 1.807) is 4.40 Å². The van der Waals surface area contributed by atoms with Gasteiger partial charge in [0.25, 0.3) is 0 Å². The molecule has 2 heteroatoms. The molecule has 0 amide bonds. The molecule has 0 fully saturated rings. The van der Waals surface area contributed by atoms with E-state index in [1.807, 2.05) is 0 Å². The van der Waals surface area contributed by atoms with Gasteiger partial charge in [-0.3, -0.25) is 0 Å². The number of rotatable bonds is 1. The Morgan fingerprint density at radius 1 is 1.00 bits per heavy atom. The van der Waals surface area contributed by atoms with Crippen LogP contribution in [0.25, 0.3) is 0 Å². The van der Waals surface area contributed by atoms with E-state index < -0.39 is 14.3 Å². The van der Waals surface area contributed by atoms with Crippen LogP contribution in [0.3, 0.4) is 0 Å². The second kappa shape index (κ2) is 4.52. The molecule has 10 heavy (non-hydrogen) atoms. The first-order chi connectivity index (χ1) is 4.30. The van der Waals surface area contributed by atoms with Crippen LogP contribution in [-0.2, 0) is 0 Å². The molecule has 0 unspecified atom stereocenters. The van der Waals surface area contributed by atoms with Crippen LogP contribution < -0.4 is 4.40 Å². The van der Waals surface area contributed by atoms with Gasteiger partial charge >= 0.3 is 60.6 Å². The molecule has 1 aromatic carbocycles. The first-order valence-electron chi connectivity index (χ1n) is 3.35. The fourth-order valence-electron chi connectivity index (χ4n) is 0.838. The van der Waals surface area contributed by atoms with E-state index in [1.165, 1.54) is 0 Å². The van der Waals surface area contributed by atoms with E-state index in [-0.39, 0.29) is 5.48 Å². The molecule has 0 atom stereocenters. The minimum atomic E-state index is -0.944. The van der Waals surface area contributed by atoms with Crippen LogP contribution in [0.2, 0.25) is 11.5 Å². The van der Waals surface area contributed by atoms with E-state index in [4.69, 9.17) is 0 Å². The van der Waals surface area contributed by atoms with Gasteiger partial charge in [-0.2, -0.15) is 0 Å². The standard InChI is InChI=1S/C8H12Ge.H2O/c1-9(2)8-6-4-3-5-7-8;/h3-7,9H,1-2H3;1H2. The molecule has 0 aliphatic heterocycles. The Kier molecular flexibility index (Phi) is 4.40. The Labute approximate surface area is 66.5 Å². The Hall–Kier alpha value is -0.277. The second-order valence-corrected chi connectivity index (χ2v) is 8.81. The van der Waals surface area contributed by atoms with Crippen LogP contribution in [0.15, 0.2) is 30.3 Å². The summed E-state index contributed by atoms with van der Waals surface area (Å²) in [5.41, 5.74) is 0. The van der Waals surface area contributed by atoms with Gasteiger partial charge in [-0.15, -0.1) is 0 Å². The van der Waals surface area contributed by atoms with Gasteiger partial charge in [0.15, 0.2) is 0 Å². The van der Waals surface area contributed by atoms with Crippen molar-refractivity contribution in [3.05, 3.63) is 30.3 Å². The van der Waals surface area contributed by atoms with Gasteiger partial charge in [-0.25, -0.2) is 0 Å². The average Bonchev–Trinajstić information content (AvgIpc) is 1.90. The summed E-state index contributed by atoms with van der Waals surface area (Å²) in [7, 11) is 0. The first-order valence-corrected chi connectivity index (χ1v) is 9.41. The average molecular weight is 199 g/mol. The van der Waals surface area contributed by atoms with E-state index in [2.05, 4.69) is 41.8 Å². The van der Waals surface area contributed by atoms with Crippen LogP contribution in [0.4, 0.5) is 0 Å². The molecule has 0 heterocycles. The molecule has 0 saturated heterocycles. The van der Waals surface area contributed by atoms with Gasteiger partial charge in [-0.1, -0.05) is 0 Å². The third-order valence-electron chi connectivity index (χ3n) is 1.47. The Balaban J connectivity index is 0.000000810. The Morgan fingerprint density at radius 3 is 1.80 bits per heavy atom. The van der Waals surface area contributed by atoms with Gasteiger partial charge in [0, 0.05) is 0 Å². The fourth-order valence-corrected chi connectivity index (χ4v) is 2.92. The monoisotopic (exact) mass is 200 g/mol.